The maximum absolute atomic E-state index is 12.1. The number of nitrogens with one attached hydrogen (secondary N) is 1. The monoisotopic (exact) mass is 433 g/mol. The van der Waals surface area contributed by atoms with Gasteiger partial charge in [0.25, 0.3) is 0 Å². The number of aliphatic hydroxyl groups is 1. The number of hydrogen-bond donors (Lipinski definition) is 2. The Morgan fingerprint density at radius 3 is 2.44 bits per heavy atom. The lowest BCUT2D eigenvalue weighted by molar-refractivity contribution is -0.128. The predicted molar refractivity (Wildman–Crippen MR) is 127 cm³/mol. The first-order valence-electron chi connectivity index (χ1n) is 12.1. The normalized spacial score (nSPS) is 26.6. The van der Waals surface area contributed by atoms with Gasteiger partial charge in [0, 0.05) is 32.2 Å². The number of β-amino-alcohol motifs (C(OH)–C–C–N with tert-alkyl or cyclic N) is 1. The molecule has 0 radical (unpaired) electrons. The van der Waals surface area contributed by atoms with Gasteiger partial charge < -0.3 is 10.4 Å². The number of amides is 1. The molecular formula is C27H35N3O2. The van der Waals surface area contributed by atoms with Crippen molar-refractivity contribution in [3.63, 3.8) is 0 Å². The second kappa shape index (κ2) is 8.97. The Kier molecular flexibility index (Phi) is 6.06. The number of rotatable bonds is 6. The Morgan fingerprint density at radius 2 is 1.75 bits per heavy atom. The Bertz CT molecular complexity index is 926. The minimum Gasteiger partial charge on any atom is -0.391 e. The quantitative estimate of drug-likeness (QED) is 0.733. The summed E-state index contributed by atoms with van der Waals surface area (Å²) in [5.74, 6) is 0.129. The number of piperidine rings is 1. The molecule has 2 aromatic carbocycles. The number of hydrogen-bond acceptors (Lipinski definition) is 4. The molecule has 2 aliphatic heterocycles. The van der Waals surface area contributed by atoms with E-state index in [1.807, 2.05) is 13.0 Å². The summed E-state index contributed by atoms with van der Waals surface area (Å²) in [5.41, 5.74) is 3.97. The maximum atomic E-state index is 12.1. The summed E-state index contributed by atoms with van der Waals surface area (Å²) in [6.45, 7) is 6.30. The number of piperazine rings is 1. The summed E-state index contributed by atoms with van der Waals surface area (Å²) >= 11 is 0. The first-order chi connectivity index (χ1) is 15.6. The lowest BCUT2D eigenvalue weighted by Gasteiger charge is -2.42. The average Bonchev–Trinajstić information content (AvgIpc) is 3.61. The van der Waals surface area contributed by atoms with Crippen LogP contribution >= 0.6 is 0 Å². The molecule has 5 heteroatoms. The summed E-state index contributed by atoms with van der Waals surface area (Å²) in [7, 11) is 0. The van der Waals surface area contributed by atoms with E-state index in [9.17, 15) is 9.90 Å². The first kappa shape index (κ1) is 21.6. The summed E-state index contributed by atoms with van der Waals surface area (Å²) in [5, 5.41) is 13.8. The molecule has 32 heavy (non-hydrogen) atoms. The van der Waals surface area contributed by atoms with Crippen LogP contribution in [0.2, 0.25) is 0 Å². The van der Waals surface area contributed by atoms with Crippen molar-refractivity contribution in [3.05, 3.63) is 60.2 Å². The van der Waals surface area contributed by atoms with Gasteiger partial charge >= 0.3 is 0 Å². The Morgan fingerprint density at radius 1 is 1.03 bits per heavy atom. The molecule has 5 rings (SSSR count). The van der Waals surface area contributed by atoms with Crippen LogP contribution in [0, 0.1) is 5.41 Å². The van der Waals surface area contributed by atoms with Crippen molar-refractivity contribution in [3.8, 4) is 11.1 Å². The van der Waals surface area contributed by atoms with Gasteiger partial charge in [-0.25, -0.2) is 0 Å². The zero-order chi connectivity index (χ0) is 22.1. The highest BCUT2D eigenvalue weighted by atomic mass is 16.3. The molecule has 5 nitrogen and oxygen atoms in total. The first-order valence-corrected chi connectivity index (χ1v) is 12.1. The summed E-state index contributed by atoms with van der Waals surface area (Å²) < 4.78 is 0. The molecule has 0 bridgehead atoms. The molecule has 170 valence electrons. The lowest BCUT2D eigenvalue weighted by Crippen LogP contribution is -2.54. The highest BCUT2D eigenvalue weighted by molar-refractivity contribution is 5.81. The smallest absolute Gasteiger partial charge is 0.237 e. The van der Waals surface area contributed by atoms with Crippen LogP contribution in [-0.2, 0) is 4.79 Å². The van der Waals surface area contributed by atoms with Gasteiger partial charge in [0.15, 0.2) is 0 Å². The van der Waals surface area contributed by atoms with E-state index >= 15 is 0 Å². The molecule has 3 fully saturated rings. The molecule has 1 saturated carbocycles. The van der Waals surface area contributed by atoms with Crippen molar-refractivity contribution in [2.45, 2.75) is 50.8 Å². The number of nitrogens with zero attached hydrogens (tertiary/aromatic N) is 2. The van der Waals surface area contributed by atoms with E-state index in [0.29, 0.717) is 0 Å². The Labute approximate surface area is 191 Å². The molecule has 2 heterocycles. The van der Waals surface area contributed by atoms with Gasteiger partial charge in [-0.05, 0) is 61.3 Å². The van der Waals surface area contributed by atoms with Gasteiger partial charge in [0.1, 0.15) is 0 Å². The summed E-state index contributed by atoms with van der Waals surface area (Å²) in [6, 6.07) is 19.6. The average molecular weight is 434 g/mol. The third kappa shape index (κ3) is 4.34. The number of carbonyl (C=O) groups excluding carboxylic acids is 1. The molecule has 2 aromatic rings. The van der Waals surface area contributed by atoms with Gasteiger partial charge in [-0.3, -0.25) is 14.6 Å². The van der Waals surface area contributed by atoms with Gasteiger partial charge in [-0.2, -0.15) is 0 Å². The minimum atomic E-state index is -0.220. The van der Waals surface area contributed by atoms with Crippen molar-refractivity contribution >= 4 is 5.91 Å². The number of likely N-dealkylation sites (tertiary alicyclic amines) is 1. The van der Waals surface area contributed by atoms with Crippen LogP contribution in [0.1, 0.15) is 44.2 Å². The molecule has 1 aliphatic carbocycles. The summed E-state index contributed by atoms with van der Waals surface area (Å²) in [6.07, 6.45) is 4.19. The molecule has 3 atom stereocenters. The standard InChI is InChI=1S/C27H35N3O2/c1-20-26(32)28-15-18-29(20)16-11-24(30-17-14-27(12-13-27)25(31)19-30)23-9-7-22(8-10-23)21-5-3-2-4-6-21/h2-10,20,24-25,31H,11-19H2,1H3,(H,28,32)/t20?,24?,25-/m1/s1. The molecule has 2 N–H and O–H groups in total. The zero-order valence-corrected chi connectivity index (χ0v) is 19.0. The molecule has 2 unspecified atom stereocenters. The second-order valence-electron chi connectivity index (χ2n) is 9.92. The largest absolute Gasteiger partial charge is 0.391 e. The highest BCUT2D eigenvalue weighted by Crippen LogP contribution is 2.54. The number of aliphatic hydroxyl groups excluding tert-OH is 1. The van der Waals surface area contributed by atoms with Crippen LogP contribution in [0.25, 0.3) is 11.1 Å². The number of carbonyl (C=O) groups is 1. The van der Waals surface area contributed by atoms with Crippen molar-refractivity contribution in [1.29, 1.82) is 0 Å². The van der Waals surface area contributed by atoms with E-state index in [1.54, 1.807) is 0 Å². The Hall–Kier alpha value is -2.21. The van der Waals surface area contributed by atoms with Gasteiger partial charge in [-0.15, -0.1) is 0 Å². The zero-order valence-electron chi connectivity index (χ0n) is 19.0. The fourth-order valence-electron chi connectivity index (χ4n) is 5.58. The van der Waals surface area contributed by atoms with Crippen LogP contribution in [0.5, 0.6) is 0 Å². The maximum Gasteiger partial charge on any atom is 0.237 e. The summed E-state index contributed by atoms with van der Waals surface area (Å²) in [4.78, 5) is 16.9. The molecule has 1 spiro atoms. The number of benzene rings is 2. The Balaban J connectivity index is 1.34. The lowest BCUT2D eigenvalue weighted by atomic mass is 9.88. The molecule has 1 amide bonds. The molecule has 3 aliphatic rings. The molecule has 2 saturated heterocycles. The predicted octanol–water partition coefficient (Wildman–Crippen LogP) is 3.45. The second-order valence-corrected chi connectivity index (χ2v) is 9.92. The third-order valence-corrected chi connectivity index (χ3v) is 8.06. The van der Waals surface area contributed by atoms with Crippen molar-refractivity contribution in [1.82, 2.24) is 15.1 Å². The molecule has 0 aromatic heterocycles. The van der Waals surface area contributed by atoms with Gasteiger partial charge in [-0.1, -0.05) is 54.6 Å². The topological polar surface area (TPSA) is 55.8 Å². The van der Waals surface area contributed by atoms with Crippen molar-refractivity contribution < 1.29 is 9.90 Å². The van der Waals surface area contributed by atoms with Crippen LogP contribution in [-0.4, -0.2) is 65.7 Å². The van der Waals surface area contributed by atoms with Crippen LogP contribution in [0.15, 0.2) is 54.6 Å². The minimum absolute atomic E-state index is 0.0773. The fourth-order valence-corrected chi connectivity index (χ4v) is 5.58. The van der Waals surface area contributed by atoms with E-state index in [4.69, 9.17) is 0 Å². The SMILES string of the molecule is CC1C(=O)NCCN1CCC(c1ccc(-c2ccccc2)cc1)N1CCC2(CC2)[C@H](O)C1. The fraction of sp³-hybridized carbons (Fsp3) is 0.519. The van der Waals surface area contributed by atoms with E-state index in [0.717, 1.165) is 45.6 Å². The highest BCUT2D eigenvalue weighted by Gasteiger charge is 2.51. The van der Waals surface area contributed by atoms with Crippen LogP contribution < -0.4 is 5.32 Å². The van der Waals surface area contributed by atoms with Crippen molar-refractivity contribution in [2.24, 2.45) is 5.41 Å². The van der Waals surface area contributed by atoms with Crippen LogP contribution in [0.4, 0.5) is 0 Å². The van der Waals surface area contributed by atoms with E-state index in [-0.39, 0.29) is 29.5 Å². The molecular weight excluding hydrogens is 398 g/mol. The van der Waals surface area contributed by atoms with E-state index in [1.165, 1.54) is 29.5 Å². The van der Waals surface area contributed by atoms with Crippen LogP contribution in [0.3, 0.4) is 0 Å². The van der Waals surface area contributed by atoms with E-state index in [2.05, 4.69) is 63.6 Å². The third-order valence-electron chi connectivity index (χ3n) is 8.06. The van der Waals surface area contributed by atoms with Gasteiger partial charge in [0.05, 0.1) is 12.1 Å². The van der Waals surface area contributed by atoms with Crippen molar-refractivity contribution in [2.75, 3.05) is 32.7 Å². The van der Waals surface area contributed by atoms with E-state index < -0.39 is 0 Å². The van der Waals surface area contributed by atoms with Gasteiger partial charge in [0.2, 0.25) is 5.91 Å².